The predicted octanol–water partition coefficient (Wildman–Crippen LogP) is 3.97. The molecule has 25 heavy (non-hydrogen) atoms. The molecule has 2 fully saturated rings. The molecule has 0 radical (unpaired) electrons. The lowest BCUT2D eigenvalue weighted by Gasteiger charge is -2.28. The van der Waals surface area contributed by atoms with E-state index in [4.69, 9.17) is 4.42 Å². The molecule has 2 saturated carbocycles. The Morgan fingerprint density at radius 2 is 2.12 bits per heavy atom. The van der Waals surface area contributed by atoms with E-state index in [2.05, 4.69) is 22.5 Å². The van der Waals surface area contributed by atoms with Crippen molar-refractivity contribution in [2.24, 2.45) is 17.8 Å². The van der Waals surface area contributed by atoms with E-state index in [-0.39, 0.29) is 12.1 Å². The first-order valence-electron chi connectivity index (χ1n) is 9.23. The van der Waals surface area contributed by atoms with Crippen LogP contribution in [0.25, 0.3) is 11.3 Å². The zero-order chi connectivity index (χ0) is 17.2. The van der Waals surface area contributed by atoms with Crippen molar-refractivity contribution >= 4 is 6.03 Å². The molecule has 0 aliphatic heterocycles. The van der Waals surface area contributed by atoms with Crippen LogP contribution in [0.4, 0.5) is 4.79 Å². The number of benzene rings is 1. The van der Waals surface area contributed by atoms with Gasteiger partial charge in [-0.25, -0.2) is 9.78 Å². The summed E-state index contributed by atoms with van der Waals surface area (Å²) in [4.78, 5) is 16.4. The van der Waals surface area contributed by atoms with Gasteiger partial charge in [-0.15, -0.1) is 0 Å². The maximum absolute atomic E-state index is 12.2. The van der Waals surface area contributed by atoms with Crippen LogP contribution in [0.15, 0.2) is 40.9 Å². The smallest absolute Gasteiger partial charge is 0.315 e. The van der Waals surface area contributed by atoms with Gasteiger partial charge in [-0.2, -0.15) is 0 Å². The van der Waals surface area contributed by atoms with Gasteiger partial charge in [0.25, 0.3) is 0 Å². The number of carbonyl (C=O) groups excluding carboxylic acids is 1. The van der Waals surface area contributed by atoms with Crippen LogP contribution in [0.3, 0.4) is 0 Å². The fraction of sp³-hybridized carbons (Fsp3) is 0.500. The van der Waals surface area contributed by atoms with Gasteiger partial charge in [0.1, 0.15) is 0 Å². The summed E-state index contributed by atoms with van der Waals surface area (Å²) in [5.74, 6) is 3.57. The lowest BCUT2D eigenvalue weighted by molar-refractivity contribution is 0.219. The fourth-order valence-corrected chi connectivity index (χ4v) is 4.55. The Morgan fingerprint density at radius 1 is 1.28 bits per heavy atom. The van der Waals surface area contributed by atoms with E-state index in [1.165, 1.54) is 25.7 Å². The first kappa shape index (κ1) is 16.2. The number of amides is 2. The van der Waals surface area contributed by atoms with Gasteiger partial charge in [0, 0.05) is 11.6 Å². The average Bonchev–Trinajstić information content (AvgIpc) is 3.37. The molecule has 5 nitrogen and oxygen atoms in total. The van der Waals surface area contributed by atoms with E-state index in [1.54, 1.807) is 6.20 Å². The van der Waals surface area contributed by atoms with Gasteiger partial charge >= 0.3 is 6.03 Å². The van der Waals surface area contributed by atoms with Crippen molar-refractivity contribution < 1.29 is 9.21 Å². The number of nitrogens with one attached hydrogen (secondary N) is 2. The summed E-state index contributed by atoms with van der Waals surface area (Å²) in [6.45, 7) is 2.42. The molecule has 2 aromatic rings. The van der Waals surface area contributed by atoms with Gasteiger partial charge in [0.2, 0.25) is 5.89 Å². The Labute approximate surface area is 148 Å². The number of aromatic nitrogens is 1. The number of oxazole rings is 1. The number of hydrogen-bond acceptors (Lipinski definition) is 3. The van der Waals surface area contributed by atoms with Crippen LogP contribution in [0, 0.1) is 17.8 Å². The molecule has 2 aliphatic carbocycles. The molecule has 1 heterocycles. The van der Waals surface area contributed by atoms with Crippen molar-refractivity contribution in [2.45, 2.75) is 45.2 Å². The zero-order valence-electron chi connectivity index (χ0n) is 14.6. The largest absolute Gasteiger partial charge is 0.439 e. The van der Waals surface area contributed by atoms with Crippen molar-refractivity contribution in [3.8, 4) is 11.3 Å². The molecule has 132 valence electrons. The van der Waals surface area contributed by atoms with Crippen molar-refractivity contribution in [3.63, 3.8) is 0 Å². The number of carbonyl (C=O) groups is 1. The molecule has 0 saturated heterocycles. The molecule has 2 aliphatic rings. The molecule has 4 rings (SSSR count). The summed E-state index contributed by atoms with van der Waals surface area (Å²) in [6, 6.07) is 9.91. The Balaban J connectivity index is 1.27. The van der Waals surface area contributed by atoms with E-state index in [9.17, 15) is 4.79 Å². The lowest BCUT2D eigenvalue weighted by Crippen LogP contribution is -2.45. The van der Waals surface area contributed by atoms with Gasteiger partial charge < -0.3 is 15.1 Å². The fourth-order valence-electron chi connectivity index (χ4n) is 4.55. The highest BCUT2D eigenvalue weighted by molar-refractivity contribution is 5.74. The minimum absolute atomic E-state index is 0.144. The minimum atomic E-state index is -0.144. The van der Waals surface area contributed by atoms with Gasteiger partial charge in [0.05, 0.1) is 12.7 Å². The Morgan fingerprint density at radius 3 is 2.84 bits per heavy atom. The van der Waals surface area contributed by atoms with Crippen LogP contribution in [-0.2, 0) is 6.54 Å². The summed E-state index contributed by atoms with van der Waals surface area (Å²) in [5, 5.41) is 5.95. The Bertz CT molecular complexity index is 728. The molecule has 5 heteroatoms. The normalized spacial score (nSPS) is 25.7. The molecular formula is C20H25N3O2. The molecule has 2 amide bonds. The number of urea groups is 1. The standard InChI is InChI=1S/C20H25N3O2/c1-13(17-10-14-7-8-16(17)9-14)23-20(24)22-12-19-21-11-18(25-19)15-5-3-2-4-6-15/h2-6,11,13-14,16-17H,7-10,12H2,1H3,(H2,22,23,24)/t13-,14-,16-,17+/m0/s1. The van der Waals surface area contributed by atoms with E-state index in [0.29, 0.717) is 24.1 Å². The predicted molar refractivity (Wildman–Crippen MR) is 95.7 cm³/mol. The van der Waals surface area contributed by atoms with Gasteiger partial charge in [-0.3, -0.25) is 0 Å². The molecule has 0 unspecified atom stereocenters. The Hall–Kier alpha value is -2.30. The highest BCUT2D eigenvalue weighted by Crippen LogP contribution is 2.49. The van der Waals surface area contributed by atoms with Crippen LogP contribution >= 0.6 is 0 Å². The van der Waals surface area contributed by atoms with E-state index < -0.39 is 0 Å². The quantitative estimate of drug-likeness (QED) is 0.866. The van der Waals surface area contributed by atoms with Crippen LogP contribution in [0.1, 0.15) is 38.5 Å². The van der Waals surface area contributed by atoms with Crippen molar-refractivity contribution in [3.05, 3.63) is 42.4 Å². The Kier molecular flexibility index (Phi) is 4.47. The highest BCUT2D eigenvalue weighted by atomic mass is 16.4. The zero-order valence-corrected chi connectivity index (χ0v) is 14.6. The molecule has 1 aromatic heterocycles. The van der Waals surface area contributed by atoms with Gasteiger partial charge in [-0.1, -0.05) is 36.8 Å². The van der Waals surface area contributed by atoms with Gasteiger partial charge in [-0.05, 0) is 43.9 Å². The van der Waals surface area contributed by atoms with Crippen LogP contribution < -0.4 is 10.6 Å². The van der Waals surface area contributed by atoms with Crippen molar-refractivity contribution in [2.75, 3.05) is 0 Å². The first-order chi connectivity index (χ1) is 12.2. The van der Waals surface area contributed by atoms with Crippen LogP contribution in [0.5, 0.6) is 0 Å². The summed E-state index contributed by atoms with van der Waals surface area (Å²) < 4.78 is 5.71. The maximum atomic E-state index is 12.2. The summed E-state index contributed by atoms with van der Waals surface area (Å²) in [6.07, 6.45) is 7.04. The topological polar surface area (TPSA) is 67.2 Å². The van der Waals surface area contributed by atoms with Crippen molar-refractivity contribution in [1.82, 2.24) is 15.6 Å². The van der Waals surface area contributed by atoms with E-state index in [0.717, 1.165) is 17.4 Å². The summed E-state index contributed by atoms with van der Waals surface area (Å²) in [5.41, 5.74) is 0.982. The second kappa shape index (κ2) is 6.90. The average molecular weight is 339 g/mol. The summed E-state index contributed by atoms with van der Waals surface area (Å²) >= 11 is 0. The summed E-state index contributed by atoms with van der Waals surface area (Å²) in [7, 11) is 0. The second-order valence-corrected chi connectivity index (χ2v) is 7.44. The molecule has 1 aromatic carbocycles. The third-order valence-corrected chi connectivity index (χ3v) is 5.81. The molecule has 2 bridgehead atoms. The van der Waals surface area contributed by atoms with E-state index in [1.807, 2.05) is 30.3 Å². The molecule has 0 spiro atoms. The van der Waals surface area contributed by atoms with Crippen molar-refractivity contribution in [1.29, 1.82) is 0 Å². The first-order valence-corrected chi connectivity index (χ1v) is 9.23. The third-order valence-electron chi connectivity index (χ3n) is 5.81. The molecular weight excluding hydrogens is 314 g/mol. The van der Waals surface area contributed by atoms with Crippen LogP contribution in [-0.4, -0.2) is 17.1 Å². The van der Waals surface area contributed by atoms with E-state index >= 15 is 0 Å². The highest BCUT2D eigenvalue weighted by Gasteiger charge is 2.42. The second-order valence-electron chi connectivity index (χ2n) is 7.44. The number of hydrogen-bond donors (Lipinski definition) is 2. The number of fused-ring (bicyclic) bond motifs is 2. The van der Waals surface area contributed by atoms with Crippen LogP contribution in [0.2, 0.25) is 0 Å². The van der Waals surface area contributed by atoms with Gasteiger partial charge in [0.15, 0.2) is 5.76 Å². The number of nitrogens with zero attached hydrogens (tertiary/aromatic N) is 1. The minimum Gasteiger partial charge on any atom is -0.439 e. The lowest BCUT2D eigenvalue weighted by atomic mass is 9.84. The molecule has 4 atom stereocenters. The maximum Gasteiger partial charge on any atom is 0.315 e. The monoisotopic (exact) mass is 339 g/mol. The molecule has 2 N–H and O–H groups in total. The SMILES string of the molecule is C[C@H](NC(=O)NCc1ncc(-c2ccccc2)o1)[C@H]1C[C@H]2CC[C@H]1C2. The third kappa shape index (κ3) is 3.55. The number of rotatable bonds is 5.